The molecule has 4 aliphatic carbocycles. The molecule has 0 radical (unpaired) electrons. The maximum Gasteiger partial charge on any atom is 0.0849 e. The first-order valence-corrected chi connectivity index (χ1v) is 11.2. The second-order valence-electron chi connectivity index (χ2n) is 10.6. The first kappa shape index (κ1) is 18.5. The van der Waals surface area contributed by atoms with Crippen LogP contribution in [0, 0.1) is 34.5 Å². The Bertz CT molecular complexity index is 843. The number of aromatic nitrogens is 2. The summed E-state index contributed by atoms with van der Waals surface area (Å²) in [5.41, 5.74) is 6.16. The van der Waals surface area contributed by atoms with Gasteiger partial charge in [-0.1, -0.05) is 38.0 Å². The lowest BCUT2D eigenvalue weighted by Crippen LogP contribution is -2.52. The molecule has 0 aromatic carbocycles. The Morgan fingerprint density at radius 1 is 1.04 bits per heavy atom. The van der Waals surface area contributed by atoms with E-state index in [0.29, 0.717) is 17.3 Å². The van der Waals surface area contributed by atoms with Crippen molar-refractivity contribution in [3.05, 3.63) is 41.5 Å². The number of aliphatic hydroxyl groups excluding tert-OH is 1. The standard InChI is InChI=1S/C25H34N2O/c1-15-11-17-13-18(28)5-7-24(17,3)19-6-8-25(4)20(22(15)19)12-16(2)23(25)21-14-26-9-10-27-21/h9-11,14-15,18-20,22,28H,5-8,12-13H2,1-4H3/t15-,18-,19-,20-,22+,24-,25-/m0/s1. The fourth-order valence-corrected chi connectivity index (χ4v) is 7.87. The molecule has 0 aliphatic heterocycles. The van der Waals surface area contributed by atoms with E-state index in [-0.39, 0.29) is 11.5 Å². The lowest BCUT2D eigenvalue weighted by atomic mass is 9.45. The largest absolute Gasteiger partial charge is 0.393 e. The van der Waals surface area contributed by atoms with Gasteiger partial charge in [0.15, 0.2) is 0 Å². The lowest BCUT2D eigenvalue weighted by Gasteiger charge is -2.59. The van der Waals surface area contributed by atoms with Crippen molar-refractivity contribution in [1.82, 2.24) is 9.97 Å². The van der Waals surface area contributed by atoms with Crippen LogP contribution in [-0.2, 0) is 0 Å². The van der Waals surface area contributed by atoms with Crippen molar-refractivity contribution in [1.29, 1.82) is 0 Å². The number of nitrogens with zero attached hydrogens (tertiary/aromatic N) is 2. The van der Waals surface area contributed by atoms with Crippen LogP contribution in [0.1, 0.15) is 71.9 Å². The number of hydrogen-bond acceptors (Lipinski definition) is 3. The predicted octanol–water partition coefficient (Wildman–Crippen LogP) is 5.43. The van der Waals surface area contributed by atoms with Crippen molar-refractivity contribution in [2.24, 2.45) is 34.5 Å². The highest BCUT2D eigenvalue weighted by molar-refractivity contribution is 5.73. The minimum Gasteiger partial charge on any atom is -0.393 e. The van der Waals surface area contributed by atoms with Gasteiger partial charge in [0.1, 0.15) is 0 Å². The number of hydrogen-bond donors (Lipinski definition) is 1. The van der Waals surface area contributed by atoms with E-state index < -0.39 is 0 Å². The van der Waals surface area contributed by atoms with Gasteiger partial charge in [-0.15, -0.1) is 0 Å². The summed E-state index contributed by atoms with van der Waals surface area (Å²) in [5.74, 6) is 2.77. The normalized spacial score (nSPS) is 45.2. The molecule has 1 aromatic heterocycles. The third-order valence-corrected chi connectivity index (χ3v) is 9.14. The molecule has 5 rings (SSSR count). The molecule has 3 heteroatoms. The molecule has 0 spiro atoms. The van der Waals surface area contributed by atoms with E-state index in [1.54, 1.807) is 11.8 Å². The summed E-state index contributed by atoms with van der Waals surface area (Å²) in [4.78, 5) is 9.07. The molecule has 1 heterocycles. The van der Waals surface area contributed by atoms with Crippen molar-refractivity contribution >= 4 is 5.57 Å². The molecule has 150 valence electrons. The van der Waals surface area contributed by atoms with Crippen LogP contribution in [0.5, 0.6) is 0 Å². The van der Waals surface area contributed by atoms with Crippen LogP contribution < -0.4 is 0 Å². The maximum atomic E-state index is 10.3. The monoisotopic (exact) mass is 378 g/mol. The molecule has 28 heavy (non-hydrogen) atoms. The van der Waals surface area contributed by atoms with Crippen LogP contribution in [0.25, 0.3) is 5.57 Å². The molecule has 0 bridgehead atoms. The molecule has 4 aliphatic rings. The lowest BCUT2D eigenvalue weighted by molar-refractivity contribution is -0.0429. The van der Waals surface area contributed by atoms with Gasteiger partial charge in [0.2, 0.25) is 0 Å². The van der Waals surface area contributed by atoms with Gasteiger partial charge in [-0.2, -0.15) is 0 Å². The van der Waals surface area contributed by atoms with Gasteiger partial charge in [0.05, 0.1) is 18.0 Å². The Hall–Kier alpha value is -1.48. The first-order valence-electron chi connectivity index (χ1n) is 11.2. The van der Waals surface area contributed by atoms with Crippen molar-refractivity contribution < 1.29 is 5.11 Å². The van der Waals surface area contributed by atoms with Gasteiger partial charge < -0.3 is 5.11 Å². The van der Waals surface area contributed by atoms with Crippen LogP contribution in [0.15, 0.2) is 35.8 Å². The van der Waals surface area contributed by atoms with Gasteiger partial charge in [-0.05, 0) is 85.5 Å². The van der Waals surface area contributed by atoms with Crippen LogP contribution in [0.3, 0.4) is 0 Å². The summed E-state index contributed by atoms with van der Waals surface area (Å²) >= 11 is 0. The average molecular weight is 379 g/mol. The van der Waals surface area contributed by atoms with E-state index >= 15 is 0 Å². The average Bonchev–Trinajstić information content (AvgIpc) is 2.94. The van der Waals surface area contributed by atoms with Gasteiger partial charge >= 0.3 is 0 Å². The van der Waals surface area contributed by atoms with Crippen molar-refractivity contribution in [3.63, 3.8) is 0 Å². The van der Waals surface area contributed by atoms with Gasteiger partial charge in [-0.25, -0.2) is 0 Å². The SMILES string of the molecule is CC1=C(c2cnccn2)[C@@]2(C)CC[C@H]3[C@@H]([C@@H](C)C=C4C[C@@H](O)CC[C@@]43C)[C@@H]2C1. The summed E-state index contributed by atoms with van der Waals surface area (Å²) in [5, 5.41) is 10.3. The third-order valence-electron chi connectivity index (χ3n) is 9.14. The molecular formula is C25H34N2O. The van der Waals surface area contributed by atoms with Gasteiger partial charge in [-0.3, -0.25) is 9.97 Å². The maximum absolute atomic E-state index is 10.3. The van der Waals surface area contributed by atoms with Crippen LogP contribution in [-0.4, -0.2) is 21.2 Å². The Morgan fingerprint density at radius 3 is 2.57 bits per heavy atom. The third kappa shape index (κ3) is 2.44. The zero-order chi connectivity index (χ0) is 19.7. The topological polar surface area (TPSA) is 46.0 Å². The summed E-state index contributed by atoms with van der Waals surface area (Å²) in [6.45, 7) is 9.78. The highest BCUT2D eigenvalue weighted by Crippen LogP contribution is 2.68. The molecule has 0 unspecified atom stereocenters. The van der Waals surface area contributed by atoms with E-state index in [0.717, 1.165) is 36.8 Å². The first-order chi connectivity index (χ1) is 13.3. The molecule has 2 fully saturated rings. The number of allylic oxidation sites excluding steroid dienone is 3. The van der Waals surface area contributed by atoms with Gasteiger partial charge in [0.25, 0.3) is 0 Å². The molecule has 0 amide bonds. The quantitative estimate of drug-likeness (QED) is 0.663. The summed E-state index contributed by atoms with van der Waals surface area (Å²) in [6.07, 6.45) is 14.8. The molecule has 2 saturated carbocycles. The van der Waals surface area contributed by atoms with Crippen LogP contribution >= 0.6 is 0 Å². The highest BCUT2D eigenvalue weighted by Gasteiger charge is 2.59. The summed E-state index contributed by atoms with van der Waals surface area (Å²) in [7, 11) is 0. The zero-order valence-corrected chi connectivity index (χ0v) is 17.8. The Morgan fingerprint density at radius 2 is 1.82 bits per heavy atom. The van der Waals surface area contributed by atoms with E-state index in [1.807, 2.05) is 12.4 Å². The Balaban J connectivity index is 1.55. The molecular weight excluding hydrogens is 344 g/mol. The van der Waals surface area contributed by atoms with Gasteiger partial charge in [0, 0.05) is 12.4 Å². The van der Waals surface area contributed by atoms with Crippen LogP contribution in [0.4, 0.5) is 0 Å². The number of fused-ring (bicyclic) bond motifs is 5. The van der Waals surface area contributed by atoms with E-state index in [1.165, 1.54) is 30.4 Å². The van der Waals surface area contributed by atoms with Crippen molar-refractivity contribution in [3.8, 4) is 0 Å². The Kier molecular flexibility index (Phi) is 4.14. The second-order valence-corrected chi connectivity index (χ2v) is 10.6. The molecule has 3 nitrogen and oxygen atoms in total. The fraction of sp³-hybridized carbons (Fsp3) is 0.680. The van der Waals surface area contributed by atoms with Crippen molar-refractivity contribution in [2.45, 2.75) is 72.3 Å². The van der Waals surface area contributed by atoms with E-state index in [2.05, 4.69) is 38.8 Å². The minimum absolute atomic E-state index is 0.129. The molecule has 1 aromatic rings. The Labute approximate surface area is 169 Å². The van der Waals surface area contributed by atoms with E-state index in [9.17, 15) is 5.11 Å². The number of rotatable bonds is 1. The van der Waals surface area contributed by atoms with Crippen molar-refractivity contribution in [2.75, 3.05) is 0 Å². The molecule has 7 atom stereocenters. The summed E-state index contributed by atoms with van der Waals surface area (Å²) in [6, 6.07) is 0. The smallest absolute Gasteiger partial charge is 0.0849 e. The van der Waals surface area contributed by atoms with E-state index in [4.69, 9.17) is 4.98 Å². The molecule has 0 saturated heterocycles. The predicted molar refractivity (Wildman–Crippen MR) is 112 cm³/mol. The van der Waals surface area contributed by atoms with Crippen LogP contribution in [0.2, 0.25) is 0 Å². The zero-order valence-electron chi connectivity index (χ0n) is 17.8. The molecule has 1 N–H and O–H groups in total. The minimum atomic E-state index is -0.129. The highest BCUT2D eigenvalue weighted by atomic mass is 16.3. The number of aliphatic hydroxyl groups is 1. The summed E-state index contributed by atoms with van der Waals surface area (Å²) < 4.78 is 0. The second kappa shape index (κ2) is 6.26. The fourth-order valence-electron chi connectivity index (χ4n) is 7.87.